The lowest BCUT2D eigenvalue weighted by atomic mass is 10.1. The van der Waals surface area contributed by atoms with Gasteiger partial charge in [0.15, 0.2) is 0 Å². The maximum atomic E-state index is 12.9. The third-order valence-electron chi connectivity index (χ3n) is 4.82. The molecule has 146 valence electrons. The highest BCUT2D eigenvalue weighted by Crippen LogP contribution is 2.28. The van der Waals surface area contributed by atoms with Crippen LogP contribution in [0.15, 0.2) is 65.4 Å². The Morgan fingerprint density at radius 1 is 1.10 bits per heavy atom. The van der Waals surface area contributed by atoms with Gasteiger partial charge in [0.2, 0.25) is 0 Å². The first-order valence-corrected chi connectivity index (χ1v) is 9.95. The van der Waals surface area contributed by atoms with Gasteiger partial charge in [0, 0.05) is 28.1 Å². The van der Waals surface area contributed by atoms with Gasteiger partial charge in [-0.15, -0.1) is 0 Å². The average Bonchev–Trinajstić information content (AvgIpc) is 3.13. The molecule has 0 atom stereocenters. The summed E-state index contributed by atoms with van der Waals surface area (Å²) < 4.78 is 7.94. The number of benzene rings is 2. The van der Waals surface area contributed by atoms with Crippen molar-refractivity contribution in [3.63, 3.8) is 0 Å². The van der Waals surface area contributed by atoms with Gasteiger partial charge in [-0.05, 0) is 77.3 Å². The van der Waals surface area contributed by atoms with Crippen LogP contribution in [-0.2, 0) is 0 Å². The van der Waals surface area contributed by atoms with Gasteiger partial charge in [-0.1, -0.05) is 12.1 Å². The van der Waals surface area contributed by atoms with Crippen molar-refractivity contribution >= 4 is 33.2 Å². The van der Waals surface area contributed by atoms with E-state index in [1.165, 1.54) is 0 Å². The van der Waals surface area contributed by atoms with Gasteiger partial charge in [0.05, 0.1) is 18.4 Å². The van der Waals surface area contributed by atoms with Gasteiger partial charge < -0.3 is 14.5 Å². The molecule has 5 nitrogen and oxygen atoms in total. The summed E-state index contributed by atoms with van der Waals surface area (Å²) in [6.07, 6.45) is 3.99. The standard InChI is InChI=1S/C23H20BrN3O2/c1-14-8-9-27-13-21(25-22(27)10-14)16-5-4-15(2)20(11-16)26-23(28)18-12-17(29-3)6-7-19(18)24/h4-13H,1-3H3,(H,26,28). The molecule has 0 unspecified atom stereocenters. The predicted molar refractivity (Wildman–Crippen MR) is 119 cm³/mol. The Morgan fingerprint density at radius 3 is 2.72 bits per heavy atom. The van der Waals surface area contributed by atoms with E-state index in [1.807, 2.05) is 61.0 Å². The maximum absolute atomic E-state index is 12.9. The van der Waals surface area contributed by atoms with Crippen LogP contribution in [-0.4, -0.2) is 22.4 Å². The molecule has 0 bridgehead atoms. The number of aromatic nitrogens is 2. The third-order valence-corrected chi connectivity index (χ3v) is 5.51. The Labute approximate surface area is 177 Å². The minimum Gasteiger partial charge on any atom is -0.497 e. The number of carbonyl (C=O) groups is 1. The van der Waals surface area contributed by atoms with Crippen LogP contribution in [0.4, 0.5) is 5.69 Å². The van der Waals surface area contributed by atoms with Crippen LogP contribution in [0.1, 0.15) is 21.5 Å². The van der Waals surface area contributed by atoms with Crippen molar-refractivity contribution in [2.45, 2.75) is 13.8 Å². The van der Waals surface area contributed by atoms with Crippen molar-refractivity contribution in [1.82, 2.24) is 9.38 Å². The number of fused-ring (bicyclic) bond motifs is 1. The van der Waals surface area contributed by atoms with E-state index >= 15 is 0 Å². The number of rotatable bonds is 4. The number of aryl methyl sites for hydroxylation is 2. The fourth-order valence-corrected chi connectivity index (χ4v) is 3.56. The van der Waals surface area contributed by atoms with Crippen LogP contribution in [0.2, 0.25) is 0 Å². The molecule has 2 heterocycles. The molecule has 4 rings (SSSR count). The quantitative estimate of drug-likeness (QED) is 0.438. The Bertz CT molecular complexity index is 1230. The van der Waals surface area contributed by atoms with E-state index in [4.69, 9.17) is 9.72 Å². The zero-order valence-electron chi connectivity index (χ0n) is 16.4. The molecule has 6 heteroatoms. The number of imidazole rings is 1. The molecular weight excluding hydrogens is 430 g/mol. The van der Waals surface area contributed by atoms with Crippen molar-refractivity contribution in [3.8, 4) is 17.0 Å². The minimum atomic E-state index is -0.207. The molecule has 0 radical (unpaired) electrons. The summed E-state index contributed by atoms with van der Waals surface area (Å²) in [5.74, 6) is 0.422. The van der Waals surface area contributed by atoms with Gasteiger partial charge >= 0.3 is 0 Å². The molecule has 2 aromatic carbocycles. The normalized spacial score (nSPS) is 10.9. The molecule has 29 heavy (non-hydrogen) atoms. The number of ether oxygens (including phenoxy) is 1. The Balaban J connectivity index is 1.67. The first kappa shape index (κ1) is 19.2. The highest BCUT2D eigenvalue weighted by molar-refractivity contribution is 9.10. The number of carbonyl (C=O) groups excluding carboxylic acids is 1. The zero-order chi connectivity index (χ0) is 20.5. The molecule has 0 aliphatic rings. The summed E-state index contributed by atoms with van der Waals surface area (Å²) in [4.78, 5) is 17.6. The number of nitrogens with one attached hydrogen (secondary N) is 1. The van der Waals surface area contributed by atoms with Crippen LogP contribution < -0.4 is 10.1 Å². The smallest absolute Gasteiger partial charge is 0.256 e. The van der Waals surface area contributed by atoms with E-state index in [0.717, 1.165) is 33.7 Å². The van der Waals surface area contributed by atoms with Crippen LogP contribution in [0.3, 0.4) is 0 Å². The van der Waals surface area contributed by atoms with Crippen molar-refractivity contribution in [2.75, 3.05) is 12.4 Å². The molecule has 4 aromatic rings. The molecule has 0 aliphatic carbocycles. The molecule has 0 saturated heterocycles. The van der Waals surface area contributed by atoms with E-state index in [1.54, 1.807) is 25.3 Å². The van der Waals surface area contributed by atoms with Crippen LogP contribution in [0.25, 0.3) is 16.9 Å². The number of hydrogen-bond acceptors (Lipinski definition) is 3. The van der Waals surface area contributed by atoms with Gasteiger partial charge in [-0.25, -0.2) is 4.98 Å². The van der Waals surface area contributed by atoms with Crippen LogP contribution in [0.5, 0.6) is 5.75 Å². The number of pyridine rings is 1. The lowest BCUT2D eigenvalue weighted by molar-refractivity contribution is 0.102. The number of hydrogen-bond donors (Lipinski definition) is 1. The van der Waals surface area contributed by atoms with Gasteiger partial charge in [-0.2, -0.15) is 0 Å². The molecule has 0 aliphatic heterocycles. The molecule has 1 amide bonds. The second kappa shape index (κ2) is 7.72. The fraction of sp³-hybridized carbons (Fsp3) is 0.130. The number of nitrogens with zero attached hydrogens (tertiary/aromatic N) is 2. The summed E-state index contributed by atoms with van der Waals surface area (Å²) >= 11 is 3.44. The Morgan fingerprint density at radius 2 is 1.93 bits per heavy atom. The van der Waals surface area contributed by atoms with Gasteiger partial charge in [-0.3, -0.25) is 4.79 Å². The van der Waals surface area contributed by atoms with Gasteiger partial charge in [0.25, 0.3) is 5.91 Å². The topological polar surface area (TPSA) is 55.6 Å². The summed E-state index contributed by atoms with van der Waals surface area (Å²) in [6, 6.07) is 15.4. The second-order valence-electron chi connectivity index (χ2n) is 6.93. The minimum absolute atomic E-state index is 0.207. The fourth-order valence-electron chi connectivity index (χ4n) is 3.13. The molecule has 0 saturated carbocycles. The lowest BCUT2D eigenvalue weighted by Crippen LogP contribution is -2.13. The largest absolute Gasteiger partial charge is 0.497 e. The molecule has 2 aromatic heterocycles. The summed E-state index contributed by atoms with van der Waals surface area (Å²) in [5.41, 5.74) is 6.08. The lowest BCUT2D eigenvalue weighted by Gasteiger charge is -2.12. The van der Waals surface area contributed by atoms with E-state index in [2.05, 4.69) is 21.2 Å². The van der Waals surface area contributed by atoms with Crippen molar-refractivity contribution in [1.29, 1.82) is 0 Å². The molecule has 1 N–H and O–H groups in total. The van der Waals surface area contributed by atoms with E-state index in [0.29, 0.717) is 15.8 Å². The van der Waals surface area contributed by atoms with E-state index in [-0.39, 0.29) is 5.91 Å². The molecule has 0 spiro atoms. The Kier molecular flexibility index (Phi) is 5.11. The SMILES string of the molecule is COc1ccc(Br)c(C(=O)Nc2cc(-c3cn4ccc(C)cc4n3)ccc2C)c1. The van der Waals surface area contributed by atoms with Crippen LogP contribution >= 0.6 is 15.9 Å². The van der Waals surface area contributed by atoms with E-state index < -0.39 is 0 Å². The van der Waals surface area contributed by atoms with Crippen molar-refractivity contribution in [3.05, 3.63) is 82.1 Å². The van der Waals surface area contributed by atoms with E-state index in [9.17, 15) is 4.79 Å². The first-order valence-electron chi connectivity index (χ1n) is 9.16. The van der Waals surface area contributed by atoms with Crippen molar-refractivity contribution in [2.24, 2.45) is 0 Å². The summed E-state index contributed by atoms with van der Waals surface area (Å²) in [7, 11) is 1.58. The van der Waals surface area contributed by atoms with Gasteiger partial charge in [0.1, 0.15) is 11.4 Å². The highest BCUT2D eigenvalue weighted by atomic mass is 79.9. The summed E-state index contributed by atoms with van der Waals surface area (Å²) in [5, 5.41) is 3.01. The zero-order valence-corrected chi connectivity index (χ0v) is 17.9. The first-order chi connectivity index (χ1) is 13.9. The number of anilines is 1. The predicted octanol–water partition coefficient (Wildman–Crippen LogP) is 5.64. The third kappa shape index (κ3) is 3.89. The van der Waals surface area contributed by atoms with Crippen molar-refractivity contribution < 1.29 is 9.53 Å². The molecule has 0 fully saturated rings. The molecular formula is C23H20BrN3O2. The average molecular weight is 450 g/mol. The second-order valence-corrected chi connectivity index (χ2v) is 7.78. The maximum Gasteiger partial charge on any atom is 0.256 e. The number of halogens is 1. The number of methoxy groups -OCH3 is 1. The Hall–Kier alpha value is -3.12. The number of amides is 1. The van der Waals surface area contributed by atoms with Crippen LogP contribution in [0, 0.1) is 13.8 Å². The summed E-state index contributed by atoms with van der Waals surface area (Å²) in [6.45, 7) is 4.01. The highest BCUT2D eigenvalue weighted by Gasteiger charge is 2.14. The monoisotopic (exact) mass is 449 g/mol.